The lowest BCUT2D eigenvalue weighted by Gasteiger charge is -2.09. The van der Waals surface area contributed by atoms with E-state index in [1.807, 2.05) is 0 Å². The molecular formula is C17H16Cl2N4O5S. The third-order valence-electron chi connectivity index (χ3n) is 3.48. The number of amides is 3. The van der Waals surface area contributed by atoms with Crippen LogP contribution in [-0.4, -0.2) is 39.2 Å². The van der Waals surface area contributed by atoms with Crippen molar-refractivity contribution in [2.24, 2.45) is 5.14 Å². The normalized spacial score (nSPS) is 10.9. The fourth-order valence-electron chi connectivity index (χ4n) is 2.13. The second-order valence-corrected chi connectivity index (χ2v) is 8.11. The highest BCUT2D eigenvalue weighted by Gasteiger charge is 2.13. The number of carbonyl (C=O) groups is 3. The number of halogens is 2. The molecule has 0 aliphatic rings. The fourth-order valence-corrected chi connectivity index (χ4v) is 3.18. The maximum Gasteiger partial charge on any atom is 0.253 e. The first-order chi connectivity index (χ1) is 13.6. The Morgan fingerprint density at radius 2 is 1.62 bits per heavy atom. The summed E-state index contributed by atoms with van der Waals surface area (Å²) in [6, 6.07) is 9.63. The maximum absolute atomic E-state index is 12.0. The molecule has 2 aromatic rings. The van der Waals surface area contributed by atoms with E-state index in [-0.39, 0.29) is 27.7 Å². The number of primary sulfonamides is 1. The third kappa shape index (κ3) is 7.02. The van der Waals surface area contributed by atoms with Crippen molar-refractivity contribution in [3.8, 4) is 0 Å². The third-order valence-corrected chi connectivity index (χ3v) is 4.94. The quantitative estimate of drug-likeness (QED) is 0.490. The first-order valence-electron chi connectivity index (χ1n) is 7.99. The highest BCUT2D eigenvalue weighted by atomic mass is 35.5. The Labute approximate surface area is 176 Å². The minimum atomic E-state index is -3.91. The van der Waals surface area contributed by atoms with Crippen molar-refractivity contribution in [1.82, 2.24) is 10.6 Å². The van der Waals surface area contributed by atoms with Crippen molar-refractivity contribution in [2.75, 3.05) is 18.4 Å². The molecule has 0 bridgehead atoms. The van der Waals surface area contributed by atoms with E-state index in [0.717, 1.165) is 0 Å². The number of anilines is 1. The minimum absolute atomic E-state index is 0.136. The SMILES string of the molecule is NS(=O)(=O)c1cccc(NC(=O)CNC(=O)CNC(=O)c2ccc(Cl)cc2Cl)c1. The van der Waals surface area contributed by atoms with Crippen molar-refractivity contribution in [3.05, 3.63) is 58.1 Å². The molecule has 0 fully saturated rings. The fraction of sp³-hybridized carbons (Fsp3) is 0.118. The van der Waals surface area contributed by atoms with Crippen LogP contribution in [0.15, 0.2) is 47.4 Å². The van der Waals surface area contributed by atoms with Crippen LogP contribution >= 0.6 is 23.2 Å². The van der Waals surface area contributed by atoms with Crippen molar-refractivity contribution < 1.29 is 22.8 Å². The molecule has 0 saturated carbocycles. The lowest BCUT2D eigenvalue weighted by molar-refractivity contribution is -0.123. The molecule has 2 rings (SSSR count). The van der Waals surface area contributed by atoms with Crippen LogP contribution in [0.4, 0.5) is 5.69 Å². The molecule has 5 N–H and O–H groups in total. The van der Waals surface area contributed by atoms with E-state index >= 15 is 0 Å². The van der Waals surface area contributed by atoms with Gasteiger partial charge in [-0.05, 0) is 36.4 Å². The van der Waals surface area contributed by atoms with E-state index in [1.54, 1.807) is 0 Å². The second-order valence-electron chi connectivity index (χ2n) is 5.70. The van der Waals surface area contributed by atoms with E-state index in [4.69, 9.17) is 28.3 Å². The molecule has 9 nitrogen and oxygen atoms in total. The summed E-state index contributed by atoms with van der Waals surface area (Å²) in [5, 5.41) is 12.6. The molecule has 0 heterocycles. The van der Waals surface area contributed by atoms with E-state index in [9.17, 15) is 22.8 Å². The summed E-state index contributed by atoms with van der Waals surface area (Å²) in [5.74, 6) is -1.79. The molecule has 0 aliphatic heterocycles. The number of sulfonamides is 1. The molecule has 0 atom stereocenters. The van der Waals surface area contributed by atoms with E-state index in [0.29, 0.717) is 5.02 Å². The van der Waals surface area contributed by atoms with Crippen molar-refractivity contribution >= 4 is 56.6 Å². The predicted molar refractivity (Wildman–Crippen MR) is 108 cm³/mol. The van der Waals surface area contributed by atoms with Gasteiger partial charge in [0.2, 0.25) is 21.8 Å². The van der Waals surface area contributed by atoms with Gasteiger partial charge in [-0.1, -0.05) is 29.3 Å². The zero-order chi connectivity index (χ0) is 21.6. The first kappa shape index (κ1) is 22.6. The molecule has 154 valence electrons. The van der Waals surface area contributed by atoms with E-state index in [1.165, 1.54) is 42.5 Å². The van der Waals surface area contributed by atoms with Crippen molar-refractivity contribution in [1.29, 1.82) is 0 Å². The van der Waals surface area contributed by atoms with Gasteiger partial charge >= 0.3 is 0 Å². The average Bonchev–Trinajstić information content (AvgIpc) is 2.64. The number of nitrogens with one attached hydrogen (secondary N) is 3. The Kier molecular flexibility index (Phi) is 7.57. The lowest BCUT2D eigenvalue weighted by atomic mass is 10.2. The molecule has 0 spiro atoms. The van der Waals surface area contributed by atoms with Gasteiger partial charge in [0, 0.05) is 10.7 Å². The number of hydrogen-bond donors (Lipinski definition) is 4. The van der Waals surface area contributed by atoms with Crippen LogP contribution in [0.5, 0.6) is 0 Å². The summed E-state index contributed by atoms with van der Waals surface area (Å²) in [7, 11) is -3.91. The number of rotatable bonds is 7. The molecule has 0 aliphatic carbocycles. The van der Waals surface area contributed by atoms with Crippen LogP contribution in [0.25, 0.3) is 0 Å². The summed E-state index contributed by atoms with van der Waals surface area (Å²) in [6.07, 6.45) is 0. The Morgan fingerprint density at radius 1 is 0.931 bits per heavy atom. The topological polar surface area (TPSA) is 147 Å². The van der Waals surface area contributed by atoms with Gasteiger partial charge in [-0.2, -0.15) is 0 Å². The average molecular weight is 459 g/mol. The molecule has 0 radical (unpaired) electrons. The highest BCUT2D eigenvalue weighted by Crippen LogP contribution is 2.20. The minimum Gasteiger partial charge on any atom is -0.345 e. The molecular weight excluding hydrogens is 443 g/mol. The summed E-state index contributed by atoms with van der Waals surface area (Å²) in [5.41, 5.74) is 0.345. The Bertz CT molecular complexity index is 1060. The van der Waals surface area contributed by atoms with Crippen LogP contribution in [-0.2, 0) is 19.6 Å². The first-order valence-corrected chi connectivity index (χ1v) is 10.3. The summed E-state index contributed by atoms with van der Waals surface area (Å²) < 4.78 is 22.6. The second kappa shape index (κ2) is 9.70. The zero-order valence-electron chi connectivity index (χ0n) is 14.7. The van der Waals surface area contributed by atoms with Crippen molar-refractivity contribution in [3.63, 3.8) is 0 Å². The van der Waals surface area contributed by atoms with Gasteiger partial charge in [0.15, 0.2) is 0 Å². The Balaban J connectivity index is 1.81. The summed E-state index contributed by atoms with van der Waals surface area (Å²) in [4.78, 5) is 35.5. The van der Waals surface area contributed by atoms with Gasteiger partial charge in [0.25, 0.3) is 5.91 Å². The van der Waals surface area contributed by atoms with Gasteiger partial charge in [-0.25, -0.2) is 13.6 Å². The number of hydrogen-bond acceptors (Lipinski definition) is 5. The monoisotopic (exact) mass is 458 g/mol. The molecule has 3 amide bonds. The van der Waals surface area contributed by atoms with Gasteiger partial charge < -0.3 is 16.0 Å². The zero-order valence-corrected chi connectivity index (χ0v) is 17.1. The standard InChI is InChI=1S/C17H16Cl2N4O5S/c18-10-4-5-13(14(19)6-10)17(26)22-8-15(24)21-9-16(25)23-11-2-1-3-12(7-11)29(20,27)28/h1-7H,8-9H2,(H,21,24)(H,22,26)(H,23,25)(H2,20,27,28). The van der Waals surface area contributed by atoms with Crippen LogP contribution in [0.1, 0.15) is 10.4 Å². The smallest absolute Gasteiger partial charge is 0.253 e. The van der Waals surface area contributed by atoms with Crippen LogP contribution in [0.2, 0.25) is 10.0 Å². The Morgan fingerprint density at radius 3 is 2.28 bits per heavy atom. The summed E-state index contributed by atoms with van der Waals surface area (Å²) in [6.45, 7) is -0.776. The molecule has 2 aromatic carbocycles. The predicted octanol–water partition coefficient (Wildman–Crippen LogP) is 1.13. The molecule has 0 aromatic heterocycles. The van der Waals surface area contributed by atoms with Crippen LogP contribution in [0, 0.1) is 0 Å². The van der Waals surface area contributed by atoms with E-state index < -0.39 is 34.3 Å². The summed E-state index contributed by atoms with van der Waals surface area (Å²) >= 11 is 11.7. The van der Waals surface area contributed by atoms with Crippen LogP contribution < -0.4 is 21.1 Å². The lowest BCUT2D eigenvalue weighted by Crippen LogP contribution is -2.40. The maximum atomic E-state index is 12.0. The van der Waals surface area contributed by atoms with Gasteiger partial charge in [-0.3, -0.25) is 14.4 Å². The van der Waals surface area contributed by atoms with Crippen LogP contribution in [0.3, 0.4) is 0 Å². The number of benzene rings is 2. The molecule has 0 saturated heterocycles. The van der Waals surface area contributed by atoms with Gasteiger partial charge in [0.1, 0.15) is 0 Å². The number of carbonyl (C=O) groups excluding carboxylic acids is 3. The van der Waals surface area contributed by atoms with Gasteiger partial charge in [0.05, 0.1) is 28.6 Å². The molecule has 0 unspecified atom stereocenters. The van der Waals surface area contributed by atoms with Crippen molar-refractivity contribution in [2.45, 2.75) is 4.90 Å². The van der Waals surface area contributed by atoms with E-state index in [2.05, 4.69) is 16.0 Å². The number of nitrogens with two attached hydrogens (primary N) is 1. The molecule has 12 heteroatoms. The molecule has 29 heavy (non-hydrogen) atoms. The highest BCUT2D eigenvalue weighted by molar-refractivity contribution is 7.89. The largest absolute Gasteiger partial charge is 0.345 e. The van der Waals surface area contributed by atoms with Gasteiger partial charge in [-0.15, -0.1) is 0 Å². The Hall–Kier alpha value is -2.66.